The van der Waals surface area contributed by atoms with Gasteiger partial charge in [-0.1, -0.05) is 72.8 Å². The first kappa shape index (κ1) is 15.5. The van der Waals surface area contributed by atoms with Crippen LogP contribution < -0.4 is 5.32 Å². The number of nitrogens with one attached hydrogen (secondary N) is 1. The molecule has 0 aliphatic heterocycles. The van der Waals surface area contributed by atoms with Gasteiger partial charge >= 0.3 is 0 Å². The maximum absolute atomic E-state index is 3.52. The highest BCUT2D eigenvalue weighted by molar-refractivity contribution is 5.73. The first-order chi connectivity index (χ1) is 12.4. The van der Waals surface area contributed by atoms with Crippen LogP contribution in [0.25, 0.3) is 16.7 Å². The second-order valence-corrected chi connectivity index (χ2v) is 6.31. The lowest BCUT2D eigenvalue weighted by Crippen LogP contribution is -1.93. The molecule has 0 unspecified atom stereocenters. The Labute approximate surface area is 149 Å². The van der Waals surface area contributed by atoms with Crippen molar-refractivity contribution in [3.8, 4) is 11.1 Å². The normalized spacial score (nSPS) is 13.4. The van der Waals surface area contributed by atoms with Crippen LogP contribution >= 0.6 is 0 Å². The number of benzene rings is 3. The number of hydrogen-bond donors (Lipinski definition) is 1. The quantitative estimate of drug-likeness (QED) is 0.555. The minimum absolute atomic E-state index is 1.11. The summed E-state index contributed by atoms with van der Waals surface area (Å²) in [5, 5.41) is 3.52. The molecule has 3 aromatic rings. The standard InChI is InChI=1S/C24H21N/c1-3-8-19(9-4-1)21-14-16-23(17-15-21)25-24-13-7-12-22(18-24)20-10-5-2-6-11-20/h1-5,7-10,12-18,25H,6,11H2. The van der Waals surface area contributed by atoms with E-state index in [0.717, 1.165) is 24.2 Å². The molecule has 1 aliphatic rings. The lowest BCUT2D eigenvalue weighted by atomic mass is 9.97. The molecule has 0 heterocycles. The van der Waals surface area contributed by atoms with E-state index in [-0.39, 0.29) is 0 Å². The Morgan fingerprint density at radius 1 is 0.640 bits per heavy atom. The summed E-state index contributed by atoms with van der Waals surface area (Å²) >= 11 is 0. The molecule has 0 atom stereocenters. The van der Waals surface area contributed by atoms with Gasteiger partial charge in [-0.25, -0.2) is 0 Å². The Bertz CT molecular complexity index is 902. The van der Waals surface area contributed by atoms with Crippen molar-refractivity contribution in [3.05, 3.63) is 103 Å². The van der Waals surface area contributed by atoms with Gasteiger partial charge in [-0.2, -0.15) is 0 Å². The van der Waals surface area contributed by atoms with E-state index in [4.69, 9.17) is 0 Å². The van der Waals surface area contributed by atoms with E-state index >= 15 is 0 Å². The molecule has 1 heteroatoms. The molecule has 3 aromatic carbocycles. The summed E-state index contributed by atoms with van der Waals surface area (Å²) in [5.41, 5.74) is 7.42. The predicted molar refractivity (Wildman–Crippen MR) is 108 cm³/mol. The highest BCUT2D eigenvalue weighted by Gasteiger charge is 2.04. The molecule has 1 nitrogen and oxygen atoms in total. The minimum atomic E-state index is 1.11. The minimum Gasteiger partial charge on any atom is -0.356 e. The first-order valence-corrected chi connectivity index (χ1v) is 8.77. The average Bonchev–Trinajstić information content (AvgIpc) is 2.70. The summed E-state index contributed by atoms with van der Waals surface area (Å²) in [4.78, 5) is 0. The van der Waals surface area contributed by atoms with Crippen molar-refractivity contribution >= 4 is 16.9 Å². The third-order valence-corrected chi connectivity index (χ3v) is 4.53. The van der Waals surface area contributed by atoms with Crippen LogP contribution in [-0.4, -0.2) is 0 Å². The Kier molecular flexibility index (Phi) is 4.47. The van der Waals surface area contributed by atoms with Gasteiger partial charge in [0.05, 0.1) is 0 Å². The second-order valence-electron chi connectivity index (χ2n) is 6.31. The van der Waals surface area contributed by atoms with Crippen molar-refractivity contribution < 1.29 is 0 Å². The number of allylic oxidation sites excluding steroid dienone is 4. The van der Waals surface area contributed by atoms with Gasteiger partial charge in [-0.05, 0) is 59.4 Å². The first-order valence-electron chi connectivity index (χ1n) is 8.77. The molecule has 0 fully saturated rings. The number of rotatable bonds is 4. The third kappa shape index (κ3) is 3.72. The van der Waals surface area contributed by atoms with E-state index in [1.165, 1.54) is 22.3 Å². The molecule has 0 aromatic heterocycles. The van der Waals surface area contributed by atoms with Crippen LogP contribution in [0, 0.1) is 0 Å². The molecule has 1 aliphatic carbocycles. The zero-order valence-corrected chi connectivity index (χ0v) is 14.2. The lowest BCUT2D eigenvalue weighted by Gasteiger charge is -2.12. The monoisotopic (exact) mass is 323 g/mol. The van der Waals surface area contributed by atoms with Crippen LogP contribution in [-0.2, 0) is 0 Å². The van der Waals surface area contributed by atoms with Crippen molar-refractivity contribution in [2.24, 2.45) is 0 Å². The molecular formula is C24H21N. The molecule has 0 amide bonds. The zero-order chi connectivity index (χ0) is 16.9. The predicted octanol–water partition coefficient (Wildman–Crippen LogP) is 6.83. The van der Waals surface area contributed by atoms with Crippen LogP contribution in [0.5, 0.6) is 0 Å². The summed E-state index contributed by atoms with van der Waals surface area (Å²) in [7, 11) is 0. The van der Waals surface area contributed by atoms with Crippen LogP contribution in [0.3, 0.4) is 0 Å². The molecule has 0 radical (unpaired) electrons. The second kappa shape index (κ2) is 7.23. The fourth-order valence-electron chi connectivity index (χ4n) is 3.18. The van der Waals surface area contributed by atoms with Gasteiger partial charge in [-0.15, -0.1) is 0 Å². The summed E-state index contributed by atoms with van der Waals surface area (Å²) in [6.07, 6.45) is 8.84. The topological polar surface area (TPSA) is 12.0 Å². The molecule has 0 spiro atoms. The number of anilines is 2. The fourth-order valence-corrected chi connectivity index (χ4v) is 3.18. The largest absolute Gasteiger partial charge is 0.356 e. The zero-order valence-electron chi connectivity index (χ0n) is 14.2. The van der Waals surface area contributed by atoms with E-state index in [0.29, 0.717) is 0 Å². The fraction of sp³-hybridized carbons (Fsp3) is 0.0833. The maximum Gasteiger partial charge on any atom is 0.0390 e. The Morgan fingerprint density at radius 3 is 2.16 bits per heavy atom. The van der Waals surface area contributed by atoms with Crippen LogP contribution in [0.4, 0.5) is 11.4 Å². The van der Waals surface area contributed by atoms with E-state index < -0.39 is 0 Å². The van der Waals surface area contributed by atoms with E-state index in [1.807, 2.05) is 6.07 Å². The summed E-state index contributed by atoms with van der Waals surface area (Å²) in [5.74, 6) is 0. The maximum atomic E-state index is 3.52. The van der Waals surface area contributed by atoms with Crippen LogP contribution in [0.1, 0.15) is 18.4 Å². The van der Waals surface area contributed by atoms with Crippen molar-refractivity contribution in [1.82, 2.24) is 0 Å². The van der Waals surface area contributed by atoms with Crippen LogP contribution in [0.2, 0.25) is 0 Å². The van der Waals surface area contributed by atoms with Crippen molar-refractivity contribution in [2.45, 2.75) is 12.8 Å². The van der Waals surface area contributed by atoms with Gasteiger partial charge in [0.1, 0.15) is 0 Å². The van der Waals surface area contributed by atoms with Crippen molar-refractivity contribution in [3.63, 3.8) is 0 Å². The molecule has 0 saturated heterocycles. The Hall–Kier alpha value is -3.06. The molecular weight excluding hydrogens is 302 g/mol. The summed E-state index contributed by atoms with van der Waals surface area (Å²) in [6, 6.07) is 27.7. The smallest absolute Gasteiger partial charge is 0.0390 e. The van der Waals surface area contributed by atoms with Gasteiger partial charge in [0.25, 0.3) is 0 Å². The van der Waals surface area contributed by atoms with Gasteiger partial charge in [0.15, 0.2) is 0 Å². The SMILES string of the molecule is C1=CCCC(c2cccc(Nc3ccc(-c4ccccc4)cc3)c2)=C1. The van der Waals surface area contributed by atoms with Gasteiger partial charge in [0, 0.05) is 11.4 Å². The van der Waals surface area contributed by atoms with E-state index in [2.05, 4.69) is 96.3 Å². The highest BCUT2D eigenvalue weighted by atomic mass is 14.9. The Morgan fingerprint density at radius 2 is 1.40 bits per heavy atom. The Balaban J connectivity index is 1.52. The lowest BCUT2D eigenvalue weighted by molar-refractivity contribution is 1.05. The molecule has 0 bridgehead atoms. The van der Waals surface area contributed by atoms with Gasteiger partial charge < -0.3 is 5.32 Å². The van der Waals surface area contributed by atoms with E-state index in [9.17, 15) is 0 Å². The third-order valence-electron chi connectivity index (χ3n) is 4.53. The average molecular weight is 323 g/mol. The molecule has 0 saturated carbocycles. The summed E-state index contributed by atoms with van der Waals surface area (Å²) < 4.78 is 0. The van der Waals surface area contributed by atoms with Gasteiger partial charge in [0.2, 0.25) is 0 Å². The molecule has 25 heavy (non-hydrogen) atoms. The van der Waals surface area contributed by atoms with Crippen LogP contribution in [0.15, 0.2) is 97.1 Å². The van der Waals surface area contributed by atoms with Crippen molar-refractivity contribution in [2.75, 3.05) is 5.32 Å². The summed E-state index contributed by atoms with van der Waals surface area (Å²) in [6.45, 7) is 0. The highest BCUT2D eigenvalue weighted by Crippen LogP contribution is 2.27. The van der Waals surface area contributed by atoms with Crippen molar-refractivity contribution in [1.29, 1.82) is 0 Å². The van der Waals surface area contributed by atoms with Gasteiger partial charge in [-0.3, -0.25) is 0 Å². The number of hydrogen-bond acceptors (Lipinski definition) is 1. The van der Waals surface area contributed by atoms with E-state index in [1.54, 1.807) is 0 Å². The molecule has 122 valence electrons. The molecule has 4 rings (SSSR count). The molecule has 1 N–H and O–H groups in total.